The number of nitrogens with zero attached hydrogens (tertiary/aromatic N) is 4. The average Bonchev–Trinajstić information content (AvgIpc) is 3.22. The van der Waals surface area contributed by atoms with Gasteiger partial charge in [0.05, 0.1) is 11.4 Å². The summed E-state index contributed by atoms with van der Waals surface area (Å²) in [5.41, 5.74) is 4.86. The second-order valence-electron chi connectivity index (χ2n) is 7.86. The summed E-state index contributed by atoms with van der Waals surface area (Å²) in [7, 11) is 0. The van der Waals surface area contributed by atoms with Crippen LogP contribution in [0.5, 0.6) is 0 Å². The van der Waals surface area contributed by atoms with Gasteiger partial charge in [0.2, 0.25) is 0 Å². The van der Waals surface area contributed by atoms with Crippen LogP contribution in [0.25, 0.3) is 28.2 Å². The fraction of sp³-hybridized carbons (Fsp3) is 0.240. The number of rotatable bonds is 7. The smallest absolute Gasteiger partial charge is 0.271 e. The van der Waals surface area contributed by atoms with E-state index in [-0.39, 0.29) is 5.91 Å². The maximum absolute atomic E-state index is 12.7. The molecule has 2 aromatic carbocycles. The van der Waals surface area contributed by atoms with Crippen molar-refractivity contribution in [2.24, 2.45) is 0 Å². The Morgan fingerprint density at radius 2 is 1.65 bits per heavy atom. The summed E-state index contributed by atoms with van der Waals surface area (Å²) < 4.78 is 1.76. The Morgan fingerprint density at radius 3 is 2.32 bits per heavy atom. The number of benzene rings is 2. The summed E-state index contributed by atoms with van der Waals surface area (Å²) in [4.78, 5) is 19.9. The molecular formula is C25H25N5O. The van der Waals surface area contributed by atoms with E-state index in [9.17, 15) is 4.79 Å². The summed E-state index contributed by atoms with van der Waals surface area (Å²) in [5, 5.41) is 7.60. The third-order valence-corrected chi connectivity index (χ3v) is 5.68. The van der Waals surface area contributed by atoms with Crippen molar-refractivity contribution >= 4 is 11.6 Å². The normalized spacial score (nSPS) is 13.8. The van der Waals surface area contributed by atoms with Gasteiger partial charge in [0.1, 0.15) is 0 Å². The molecule has 0 aliphatic carbocycles. The molecule has 3 heterocycles. The lowest BCUT2D eigenvalue weighted by Gasteiger charge is -2.30. The van der Waals surface area contributed by atoms with Crippen molar-refractivity contribution in [2.45, 2.75) is 12.8 Å². The Hall–Kier alpha value is -3.51. The average molecular weight is 412 g/mol. The van der Waals surface area contributed by atoms with Gasteiger partial charge in [0, 0.05) is 23.7 Å². The molecular weight excluding hydrogens is 386 g/mol. The van der Waals surface area contributed by atoms with Crippen LogP contribution in [0.15, 0.2) is 72.8 Å². The van der Waals surface area contributed by atoms with E-state index >= 15 is 0 Å². The molecule has 1 aliphatic rings. The lowest BCUT2D eigenvalue weighted by atomic mass is 10.1. The standard InChI is InChI=1S/C25H25N5O/c31-25(26-13-7-14-29-15-8-16-29)22-18-24-27-21(19-9-3-1-4-10-19)17-23(30(24)28-22)20-11-5-2-6-12-20/h1-6,9-12,17-18H,7-8,13-16H2,(H,26,31). The van der Waals surface area contributed by atoms with Gasteiger partial charge >= 0.3 is 0 Å². The highest BCUT2D eigenvalue weighted by Crippen LogP contribution is 2.26. The molecule has 156 valence electrons. The van der Waals surface area contributed by atoms with Gasteiger partial charge in [-0.3, -0.25) is 4.79 Å². The summed E-state index contributed by atoms with van der Waals surface area (Å²) >= 11 is 0. The second kappa shape index (κ2) is 8.70. The Kier molecular flexibility index (Phi) is 5.46. The molecule has 5 rings (SSSR count). The lowest BCUT2D eigenvalue weighted by molar-refractivity contribution is 0.0944. The summed E-state index contributed by atoms with van der Waals surface area (Å²) in [6.45, 7) is 4.04. The van der Waals surface area contributed by atoms with Gasteiger partial charge in [-0.1, -0.05) is 60.7 Å². The number of amides is 1. The Labute approximate surface area is 181 Å². The largest absolute Gasteiger partial charge is 0.351 e. The molecule has 0 atom stereocenters. The molecule has 0 unspecified atom stereocenters. The highest BCUT2D eigenvalue weighted by Gasteiger charge is 2.17. The molecule has 2 aromatic heterocycles. The molecule has 0 bridgehead atoms. The fourth-order valence-electron chi connectivity index (χ4n) is 3.86. The van der Waals surface area contributed by atoms with E-state index in [1.807, 2.05) is 66.7 Å². The molecule has 1 amide bonds. The minimum Gasteiger partial charge on any atom is -0.351 e. The molecule has 31 heavy (non-hydrogen) atoms. The van der Waals surface area contributed by atoms with Gasteiger partial charge in [-0.2, -0.15) is 5.10 Å². The number of carbonyl (C=O) groups is 1. The zero-order valence-corrected chi connectivity index (χ0v) is 17.4. The van der Waals surface area contributed by atoms with Gasteiger partial charge in [-0.05, 0) is 38.5 Å². The first-order valence-electron chi connectivity index (χ1n) is 10.8. The first kappa shape index (κ1) is 19.5. The van der Waals surface area contributed by atoms with E-state index in [2.05, 4.69) is 15.3 Å². The zero-order valence-electron chi connectivity index (χ0n) is 17.4. The molecule has 1 fully saturated rings. The SMILES string of the molecule is O=C(NCCCN1CCC1)c1cc2nc(-c3ccccc3)cc(-c3ccccc3)n2n1. The van der Waals surface area contributed by atoms with Crippen molar-refractivity contribution in [1.29, 1.82) is 0 Å². The minimum absolute atomic E-state index is 0.158. The van der Waals surface area contributed by atoms with Crippen LogP contribution >= 0.6 is 0 Å². The van der Waals surface area contributed by atoms with Crippen LogP contribution in [-0.4, -0.2) is 51.6 Å². The van der Waals surface area contributed by atoms with E-state index in [0.29, 0.717) is 17.9 Å². The third kappa shape index (κ3) is 4.20. The minimum atomic E-state index is -0.158. The molecule has 1 aliphatic heterocycles. The number of nitrogens with one attached hydrogen (secondary N) is 1. The summed E-state index contributed by atoms with van der Waals surface area (Å²) in [6, 6.07) is 23.9. The zero-order chi connectivity index (χ0) is 21.0. The van der Waals surface area contributed by atoms with Crippen LogP contribution in [0.4, 0.5) is 0 Å². The van der Waals surface area contributed by atoms with Gasteiger partial charge in [0.25, 0.3) is 5.91 Å². The van der Waals surface area contributed by atoms with Gasteiger partial charge in [-0.15, -0.1) is 0 Å². The highest BCUT2D eigenvalue weighted by molar-refractivity contribution is 5.93. The lowest BCUT2D eigenvalue weighted by Crippen LogP contribution is -2.39. The fourth-order valence-corrected chi connectivity index (χ4v) is 3.86. The third-order valence-electron chi connectivity index (χ3n) is 5.68. The maximum atomic E-state index is 12.7. The van der Waals surface area contributed by atoms with Crippen molar-refractivity contribution in [3.05, 3.63) is 78.5 Å². The number of carbonyl (C=O) groups excluding carboxylic acids is 1. The summed E-state index contributed by atoms with van der Waals surface area (Å²) in [6.07, 6.45) is 2.24. The predicted octanol–water partition coefficient (Wildman–Crippen LogP) is 3.89. The van der Waals surface area contributed by atoms with Crippen LogP contribution in [-0.2, 0) is 0 Å². The van der Waals surface area contributed by atoms with Crippen LogP contribution in [0, 0.1) is 0 Å². The molecule has 6 heteroatoms. The molecule has 0 saturated carbocycles. The Balaban J connectivity index is 1.45. The van der Waals surface area contributed by atoms with Gasteiger partial charge in [-0.25, -0.2) is 9.50 Å². The number of likely N-dealkylation sites (tertiary alicyclic amines) is 1. The van der Waals surface area contributed by atoms with Crippen molar-refractivity contribution in [2.75, 3.05) is 26.2 Å². The van der Waals surface area contributed by atoms with Gasteiger partial charge < -0.3 is 10.2 Å². The molecule has 0 spiro atoms. The van der Waals surface area contributed by atoms with Crippen LogP contribution in [0.2, 0.25) is 0 Å². The van der Waals surface area contributed by atoms with Gasteiger partial charge in [0.15, 0.2) is 11.3 Å². The number of aromatic nitrogens is 3. The first-order valence-corrected chi connectivity index (χ1v) is 10.8. The highest BCUT2D eigenvalue weighted by atomic mass is 16.1. The quantitative estimate of drug-likeness (QED) is 0.469. The number of fused-ring (bicyclic) bond motifs is 1. The number of hydrogen-bond acceptors (Lipinski definition) is 4. The first-order chi connectivity index (χ1) is 15.3. The Morgan fingerprint density at radius 1 is 0.935 bits per heavy atom. The molecule has 1 saturated heterocycles. The monoisotopic (exact) mass is 411 g/mol. The maximum Gasteiger partial charge on any atom is 0.271 e. The van der Waals surface area contributed by atoms with Crippen molar-refractivity contribution in [3.8, 4) is 22.5 Å². The summed E-state index contributed by atoms with van der Waals surface area (Å²) in [5.74, 6) is -0.158. The topological polar surface area (TPSA) is 62.5 Å². The Bertz CT molecular complexity index is 1180. The van der Waals surface area contributed by atoms with Crippen molar-refractivity contribution < 1.29 is 4.79 Å². The van der Waals surface area contributed by atoms with E-state index in [1.165, 1.54) is 19.5 Å². The van der Waals surface area contributed by atoms with Crippen LogP contribution < -0.4 is 5.32 Å². The van der Waals surface area contributed by atoms with E-state index in [1.54, 1.807) is 10.6 Å². The molecule has 4 aromatic rings. The van der Waals surface area contributed by atoms with E-state index < -0.39 is 0 Å². The predicted molar refractivity (Wildman–Crippen MR) is 122 cm³/mol. The number of hydrogen-bond donors (Lipinski definition) is 1. The van der Waals surface area contributed by atoms with Crippen LogP contribution in [0.1, 0.15) is 23.3 Å². The van der Waals surface area contributed by atoms with E-state index in [0.717, 1.165) is 35.5 Å². The molecule has 6 nitrogen and oxygen atoms in total. The van der Waals surface area contributed by atoms with Crippen molar-refractivity contribution in [1.82, 2.24) is 24.8 Å². The van der Waals surface area contributed by atoms with Crippen molar-refractivity contribution in [3.63, 3.8) is 0 Å². The van der Waals surface area contributed by atoms with E-state index in [4.69, 9.17) is 4.98 Å². The molecule has 1 N–H and O–H groups in total. The second-order valence-corrected chi connectivity index (χ2v) is 7.86. The van der Waals surface area contributed by atoms with Crippen LogP contribution in [0.3, 0.4) is 0 Å². The molecule has 0 radical (unpaired) electrons.